The van der Waals surface area contributed by atoms with Gasteiger partial charge in [-0.05, 0) is 37.5 Å². The fourth-order valence-corrected chi connectivity index (χ4v) is 2.64. The van der Waals surface area contributed by atoms with E-state index in [0.717, 1.165) is 5.56 Å². The second-order valence-electron chi connectivity index (χ2n) is 5.71. The summed E-state index contributed by atoms with van der Waals surface area (Å²) in [5, 5.41) is 2.88. The van der Waals surface area contributed by atoms with E-state index in [9.17, 15) is 18.0 Å². The van der Waals surface area contributed by atoms with E-state index in [2.05, 4.69) is 5.32 Å². The Balaban J connectivity index is 1.88. The maximum absolute atomic E-state index is 12.3. The summed E-state index contributed by atoms with van der Waals surface area (Å²) < 4.78 is 37.0. The van der Waals surface area contributed by atoms with Crippen LogP contribution in [0.1, 0.15) is 28.8 Å². The smallest absolute Gasteiger partial charge is 0.399 e. The number of piperidine rings is 1. The average Bonchev–Trinajstić information content (AvgIpc) is 2.42. The van der Waals surface area contributed by atoms with Crippen LogP contribution in [0.15, 0.2) is 18.2 Å². The number of carbonyl (C=O) groups excluding carboxylic acids is 1. The van der Waals surface area contributed by atoms with E-state index < -0.39 is 12.7 Å². The molecule has 1 saturated heterocycles. The average molecular weight is 315 g/mol. The second kappa shape index (κ2) is 6.56. The van der Waals surface area contributed by atoms with Crippen molar-refractivity contribution >= 4 is 11.6 Å². The van der Waals surface area contributed by atoms with Crippen molar-refractivity contribution in [3.8, 4) is 0 Å². The number of nitrogen functional groups attached to an aromatic ring is 1. The summed E-state index contributed by atoms with van der Waals surface area (Å²) in [7, 11) is 0. The predicted octanol–water partition coefficient (Wildman–Crippen LogP) is 2.33. The number of alkyl halides is 3. The molecule has 7 heteroatoms. The summed E-state index contributed by atoms with van der Waals surface area (Å²) in [5.41, 5.74) is 7.52. The molecule has 1 aromatic rings. The Morgan fingerprint density at radius 2 is 2.00 bits per heavy atom. The number of hydrogen-bond donors (Lipinski definition) is 2. The highest BCUT2D eigenvalue weighted by Gasteiger charge is 2.32. The standard InChI is InChI=1S/C15H20F3N3O/c1-10-2-3-11(19)8-13(10)14(22)20-12-4-6-21(7-5-12)9-15(16,17)18/h2-3,8,12H,4-7,9,19H2,1H3,(H,20,22). The van der Waals surface area contributed by atoms with E-state index in [-0.39, 0.29) is 11.9 Å². The van der Waals surface area contributed by atoms with Gasteiger partial charge in [-0.3, -0.25) is 9.69 Å². The lowest BCUT2D eigenvalue weighted by atomic mass is 10.0. The summed E-state index contributed by atoms with van der Waals surface area (Å²) in [5.74, 6) is -0.223. The van der Waals surface area contributed by atoms with Gasteiger partial charge in [0.2, 0.25) is 0 Å². The van der Waals surface area contributed by atoms with Crippen LogP contribution in [0, 0.1) is 6.92 Å². The normalized spacial score (nSPS) is 17.5. The molecule has 1 amide bonds. The molecule has 22 heavy (non-hydrogen) atoms. The summed E-state index contributed by atoms with van der Waals surface area (Å²) in [6.45, 7) is 1.60. The van der Waals surface area contributed by atoms with Crippen LogP contribution in [-0.4, -0.2) is 42.7 Å². The molecule has 0 atom stereocenters. The van der Waals surface area contributed by atoms with Crippen LogP contribution >= 0.6 is 0 Å². The van der Waals surface area contributed by atoms with Crippen LogP contribution in [0.4, 0.5) is 18.9 Å². The molecule has 3 N–H and O–H groups in total. The molecule has 1 aliphatic heterocycles. The number of halogens is 3. The van der Waals surface area contributed by atoms with Gasteiger partial charge in [-0.1, -0.05) is 6.07 Å². The van der Waals surface area contributed by atoms with Crippen LogP contribution in [0.5, 0.6) is 0 Å². The van der Waals surface area contributed by atoms with Crippen molar-refractivity contribution in [2.45, 2.75) is 32.0 Å². The number of aryl methyl sites for hydroxylation is 1. The Morgan fingerprint density at radius 1 is 1.36 bits per heavy atom. The first-order valence-electron chi connectivity index (χ1n) is 7.21. The summed E-state index contributed by atoms with van der Waals surface area (Å²) in [4.78, 5) is 13.6. The van der Waals surface area contributed by atoms with E-state index in [1.807, 2.05) is 6.92 Å². The monoisotopic (exact) mass is 315 g/mol. The first-order chi connectivity index (χ1) is 10.2. The number of hydrogen-bond acceptors (Lipinski definition) is 3. The molecule has 4 nitrogen and oxygen atoms in total. The minimum atomic E-state index is -4.17. The van der Waals surface area contributed by atoms with Gasteiger partial charge in [0, 0.05) is 30.4 Å². The van der Waals surface area contributed by atoms with Crippen molar-refractivity contribution in [1.29, 1.82) is 0 Å². The summed E-state index contributed by atoms with van der Waals surface area (Å²) >= 11 is 0. The predicted molar refractivity (Wildman–Crippen MR) is 78.6 cm³/mol. The van der Waals surface area contributed by atoms with Gasteiger partial charge in [0.05, 0.1) is 6.54 Å². The van der Waals surface area contributed by atoms with E-state index >= 15 is 0 Å². The second-order valence-corrected chi connectivity index (χ2v) is 5.71. The SMILES string of the molecule is Cc1ccc(N)cc1C(=O)NC1CCN(CC(F)(F)F)CC1. The van der Waals surface area contributed by atoms with Crippen molar-refractivity contribution in [1.82, 2.24) is 10.2 Å². The number of nitrogens with one attached hydrogen (secondary N) is 1. The number of benzene rings is 1. The van der Waals surface area contributed by atoms with Crippen LogP contribution in [0.2, 0.25) is 0 Å². The number of nitrogens with two attached hydrogens (primary N) is 1. The highest BCUT2D eigenvalue weighted by atomic mass is 19.4. The number of carbonyl (C=O) groups is 1. The number of anilines is 1. The maximum atomic E-state index is 12.3. The zero-order valence-electron chi connectivity index (χ0n) is 12.4. The molecule has 0 spiro atoms. The number of rotatable bonds is 3. The Hall–Kier alpha value is -1.76. The Labute approximate surface area is 127 Å². The molecule has 122 valence electrons. The lowest BCUT2D eigenvalue weighted by Gasteiger charge is -2.32. The Bertz CT molecular complexity index is 537. The van der Waals surface area contributed by atoms with Crippen LogP contribution in [-0.2, 0) is 0 Å². The Morgan fingerprint density at radius 3 is 2.59 bits per heavy atom. The fourth-order valence-electron chi connectivity index (χ4n) is 2.64. The molecule has 0 aliphatic carbocycles. The minimum Gasteiger partial charge on any atom is -0.399 e. The van der Waals surface area contributed by atoms with Crippen LogP contribution < -0.4 is 11.1 Å². The van der Waals surface area contributed by atoms with E-state index in [1.54, 1.807) is 18.2 Å². The maximum Gasteiger partial charge on any atom is 0.401 e. The van der Waals surface area contributed by atoms with Gasteiger partial charge in [0.15, 0.2) is 0 Å². The molecule has 0 bridgehead atoms. The topological polar surface area (TPSA) is 58.4 Å². The van der Waals surface area contributed by atoms with Crippen LogP contribution in [0.25, 0.3) is 0 Å². The van der Waals surface area contributed by atoms with Crippen LogP contribution in [0.3, 0.4) is 0 Å². The van der Waals surface area contributed by atoms with Crippen molar-refractivity contribution in [2.24, 2.45) is 0 Å². The zero-order chi connectivity index (χ0) is 16.3. The third-order valence-electron chi connectivity index (χ3n) is 3.83. The number of amides is 1. The minimum absolute atomic E-state index is 0.0992. The first kappa shape index (κ1) is 16.6. The molecular formula is C15H20F3N3O. The molecule has 0 saturated carbocycles. The lowest BCUT2D eigenvalue weighted by molar-refractivity contribution is -0.148. The van der Waals surface area contributed by atoms with Gasteiger partial charge in [0.25, 0.3) is 5.91 Å². The van der Waals surface area contributed by atoms with Gasteiger partial charge in [-0.15, -0.1) is 0 Å². The van der Waals surface area contributed by atoms with Crippen molar-refractivity contribution in [3.63, 3.8) is 0 Å². The highest BCUT2D eigenvalue weighted by Crippen LogP contribution is 2.20. The van der Waals surface area contributed by atoms with Gasteiger partial charge in [-0.2, -0.15) is 13.2 Å². The number of likely N-dealkylation sites (tertiary alicyclic amines) is 1. The van der Waals surface area contributed by atoms with E-state index in [1.165, 1.54) is 4.90 Å². The molecule has 1 aliphatic rings. The van der Waals surface area contributed by atoms with Crippen molar-refractivity contribution in [2.75, 3.05) is 25.4 Å². The first-order valence-corrected chi connectivity index (χ1v) is 7.21. The lowest BCUT2D eigenvalue weighted by Crippen LogP contribution is -2.47. The largest absolute Gasteiger partial charge is 0.401 e. The molecule has 1 heterocycles. The molecule has 0 radical (unpaired) electrons. The van der Waals surface area contributed by atoms with Gasteiger partial charge in [-0.25, -0.2) is 0 Å². The summed E-state index contributed by atoms with van der Waals surface area (Å²) in [6.07, 6.45) is -3.14. The van der Waals surface area contributed by atoms with Crippen molar-refractivity contribution in [3.05, 3.63) is 29.3 Å². The quantitative estimate of drug-likeness (QED) is 0.842. The molecular weight excluding hydrogens is 295 g/mol. The zero-order valence-corrected chi connectivity index (χ0v) is 12.4. The molecule has 0 aromatic heterocycles. The van der Waals surface area contributed by atoms with Gasteiger partial charge < -0.3 is 11.1 Å². The van der Waals surface area contributed by atoms with E-state index in [0.29, 0.717) is 37.2 Å². The summed E-state index contributed by atoms with van der Waals surface area (Å²) in [6, 6.07) is 5.01. The molecule has 0 unspecified atom stereocenters. The highest BCUT2D eigenvalue weighted by molar-refractivity contribution is 5.96. The third kappa shape index (κ3) is 4.62. The fraction of sp³-hybridized carbons (Fsp3) is 0.533. The van der Waals surface area contributed by atoms with Gasteiger partial charge in [0.1, 0.15) is 0 Å². The molecule has 1 aromatic carbocycles. The molecule has 2 rings (SSSR count). The Kier molecular flexibility index (Phi) is 4.95. The number of nitrogens with zero attached hydrogens (tertiary/aromatic N) is 1. The third-order valence-corrected chi connectivity index (χ3v) is 3.83. The van der Waals surface area contributed by atoms with Gasteiger partial charge >= 0.3 is 6.18 Å². The van der Waals surface area contributed by atoms with E-state index in [4.69, 9.17) is 5.73 Å². The molecule has 1 fully saturated rings. The van der Waals surface area contributed by atoms with Crippen molar-refractivity contribution < 1.29 is 18.0 Å².